The number of unbranched alkanes of at least 4 members (excludes halogenated alkanes) is 8. The Balaban J connectivity index is 3.17. The molecule has 1 atom stereocenters. The van der Waals surface area contributed by atoms with Gasteiger partial charge in [-0.2, -0.15) is 0 Å². The highest BCUT2D eigenvalue weighted by molar-refractivity contribution is 5.69. The predicted molar refractivity (Wildman–Crippen MR) is 76.5 cm³/mol. The summed E-state index contributed by atoms with van der Waals surface area (Å²) in [6.07, 6.45) is 11.8. The van der Waals surface area contributed by atoms with Gasteiger partial charge in [-0.1, -0.05) is 58.3 Å². The monoisotopic (exact) mass is 257 g/mol. The first-order valence-corrected chi connectivity index (χ1v) is 7.60. The van der Waals surface area contributed by atoms with Crippen LogP contribution < -0.4 is 5.73 Å². The van der Waals surface area contributed by atoms with Gasteiger partial charge in [-0.3, -0.25) is 4.79 Å². The van der Waals surface area contributed by atoms with E-state index >= 15 is 0 Å². The fourth-order valence-electron chi connectivity index (χ4n) is 1.91. The van der Waals surface area contributed by atoms with Crippen molar-refractivity contribution in [3.05, 3.63) is 0 Å². The molecular weight excluding hydrogens is 226 g/mol. The molecule has 0 aliphatic heterocycles. The van der Waals surface area contributed by atoms with Gasteiger partial charge in [-0.25, -0.2) is 0 Å². The summed E-state index contributed by atoms with van der Waals surface area (Å²) in [5, 5.41) is 0. The Morgan fingerprint density at radius 1 is 1.00 bits per heavy atom. The predicted octanol–water partition coefficient (Wildman–Crippen LogP) is 3.80. The summed E-state index contributed by atoms with van der Waals surface area (Å²) in [5.41, 5.74) is 5.39. The van der Waals surface area contributed by atoms with Gasteiger partial charge in [0.05, 0.1) is 0 Å². The first-order valence-electron chi connectivity index (χ1n) is 7.60. The van der Waals surface area contributed by atoms with Gasteiger partial charge < -0.3 is 10.5 Å². The summed E-state index contributed by atoms with van der Waals surface area (Å²) in [5.74, 6) is -0.101. The fraction of sp³-hybridized carbons (Fsp3) is 0.933. The van der Waals surface area contributed by atoms with Crippen molar-refractivity contribution < 1.29 is 9.53 Å². The van der Waals surface area contributed by atoms with Crippen LogP contribution in [0.5, 0.6) is 0 Å². The molecule has 0 rings (SSSR count). The third-order valence-corrected chi connectivity index (χ3v) is 3.15. The molecule has 3 heteroatoms. The highest BCUT2D eigenvalue weighted by Crippen LogP contribution is 2.10. The van der Waals surface area contributed by atoms with Gasteiger partial charge in [0.2, 0.25) is 0 Å². The van der Waals surface area contributed by atoms with Crippen LogP contribution in [0.15, 0.2) is 0 Å². The lowest BCUT2D eigenvalue weighted by molar-refractivity contribution is -0.147. The largest absolute Gasteiger partial charge is 0.461 e. The van der Waals surface area contributed by atoms with Crippen molar-refractivity contribution in [3.63, 3.8) is 0 Å². The molecule has 0 aromatic rings. The number of hydrogen-bond acceptors (Lipinski definition) is 3. The van der Waals surface area contributed by atoms with Crippen molar-refractivity contribution in [3.8, 4) is 0 Å². The quantitative estimate of drug-likeness (QED) is 0.427. The zero-order valence-electron chi connectivity index (χ0n) is 12.2. The summed E-state index contributed by atoms with van der Waals surface area (Å²) in [6, 6.07) is 0. The summed E-state index contributed by atoms with van der Waals surface area (Å²) in [6.45, 7) is 4.47. The number of esters is 1. The third-order valence-electron chi connectivity index (χ3n) is 3.15. The topological polar surface area (TPSA) is 52.3 Å². The Hall–Kier alpha value is -0.570. The van der Waals surface area contributed by atoms with E-state index in [4.69, 9.17) is 10.5 Å². The van der Waals surface area contributed by atoms with Crippen LogP contribution in [-0.4, -0.2) is 18.6 Å². The maximum Gasteiger partial charge on any atom is 0.306 e. The fourth-order valence-corrected chi connectivity index (χ4v) is 1.91. The molecular formula is C15H31NO2. The second-order valence-corrected chi connectivity index (χ2v) is 5.11. The second-order valence-electron chi connectivity index (χ2n) is 5.11. The van der Waals surface area contributed by atoms with Crippen LogP contribution in [0.2, 0.25) is 0 Å². The molecule has 0 aliphatic rings. The molecule has 108 valence electrons. The molecule has 0 aliphatic carbocycles. The van der Waals surface area contributed by atoms with E-state index in [1.807, 2.05) is 6.92 Å². The first kappa shape index (κ1) is 17.4. The van der Waals surface area contributed by atoms with Crippen LogP contribution in [0.4, 0.5) is 0 Å². The SMILES string of the molecule is CCCCCCCCCCCC(=O)OC(C)CN. The van der Waals surface area contributed by atoms with Crippen LogP contribution in [-0.2, 0) is 9.53 Å². The van der Waals surface area contributed by atoms with E-state index in [-0.39, 0.29) is 12.1 Å². The average molecular weight is 257 g/mol. The smallest absolute Gasteiger partial charge is 0.306 e. The Bertz CT molecular complexity index is 195. The summed E-state index contributed by atoms with van der Waals surface area (Å²) in [7, 11) is 0. The first-order chi connectivity index (χ1) is 8.70. The van der Waals surface area contributed by atoms with E-state index in [1.54, 1.807) is 0 Å². The normalized spacial score (nSPS) is 12.4. The highest BCUT2D eigenvalue weighted by atomic mass is 16.5. The summed E-state index contributed by atoms with van der Waals surface area (Å²) in [4.78, 5) is 11.3. The maximum atomic E-state index is 11.3. The molecule has 0 amide bonds. The third kappa shape index (κ3) is 11.9. The van der Waals surface area contributed by atoms with E-state index in [0.29, 0.717) is 13.0 Å². The van der Waals surface area contributed by atoms with Gasteiger partial charge in [0.15, 0.2) is 0 Å². The molecule has 0 heterocycles. The van der Waals surface area contributed by atoms with E-state index in [9.17, 15) is 4.79 Å². The molecule has 1 unspecified atom stereocenters. The number of ether oxygens (including phenoxy) is 1. The number of nitrogens with two attached hydrogens (primary N) is 1. The van der Waals surface area contributed by atoms with Crippen LogP contribution in [0.25, 0.3) is 0 Å². The molecule has 0 aromatic heterocycles. The molecule has 0 spiro atoms. The van der Waals surface area contributed by atoms with E-state index in [1.165, 1.54) is 44.9 Å². The standard InChI is InChI=1S/C15H31NO2/c1-3-4-5-6-7-8-9-10-11-12-15(17)18-14(2)13-16/h14H,3-13,16H2,1-2H3. The Kier molecular flexibility index (Phi) is 12.5. The molecule has 0 bridgehead atoms. The minimum absolute atomic E-state index is 0.101. The highest BCUT2D eigenvalue weighted by Gasteiger charge is 2.06. The van der Waals surface area contributed by atoms with Crippen molar-refractivity contribution in [2.75, 3.05) is 6.54 Å². The van der Waals surface area contributed by atoms with Gasteiger partial charge in [0.1, 0.15) is 6.10 Å². The van der Waals surface area contributed by atoms with E-state index in [2.05, 4.69) is 6.92 Å². The summed E-state index contributed by atoms with van der Waals surface area (Å²) < 4.78 is 5.11. The Morgan fingerprint density at radius 3 is 2.00 bits per heavy atom. The number of carbonyl (C=O) groups is 1. The van der Waals surface area contributed by atoms with Crippen molar-refractivity contribution in [2.45, 2.75) is 84.2 Å². The number of carbonyl (C=O) groups excluding carboxylic acids is 1. The lowest BCUT2D eigenvalue weighted by Crippen LogP contribution is -2.23. The van der Waals surface area contributed by atoms with Crippen molar-refractivity contribution in [1.29, 1.82) is 0 Å². The lowest BCUT2D eigenvalue weighted by atomic mass is 10.1. The van der Waals surface area contributed by atoms with Crippen molar-refractivity contribution in [2.24, 2.45) is 5.73 Å². The summed E-state index contributed by atoms with van der Waals surface area (Å²) >= 11 is 0. The van der Waals surface area contributed by atoms with Crippen LogP contribution >= 0.6 is 0 Å². The van der Waals surface area contributed by atoms with Gasteiger partial charge in [-0.15, -0.1) is 0 Å². The molecule has 0 radical (unpaired) electrons. The van der Waals surface area contributed by atoms with Crippen LogP contribution in [0.1, 0.15) is 78.1 Å². The lowest BCUT2D eigenvalue weighted by Gasteiger charge is -2.10. The van der Waals surface area contributed by atoms with Gasteiger partial charge in [0.25, 0.3) is 0 Å². The van der Waals surface area contributed by atoms with Gasteiger partial charge in [-0.05, 0) is 13.3 Å². The van der Waals surface area contributed by atoms with E-state index < -0.39 is 0 Å². The maximum absolute atomic E-state index is 11.3. The van der Waals surface area contributed by atoms with E-state index in [0.717, 1.165) is 12.8 Å². The molecule has 0 saturated heterocycles. The molecule has 0 fully saturated rings. The number of hydrogen-bond donors (Lipinski definition) is 1. The minimum Gasteiger partial charge on any atom is -0.461 e. The van der Waals surface area contributed by atoms with Crippen molar-refractivity contribution >= 4 is 5.97 Å². The molecule has 18 heavy (non-hydrogen) atoms. The van der Waals surface area contributed by atoms with Crippen LogP contribution in [0, 0.1) is 0 Å². The second kappa shape index (κ2) is 12.9. The minimum atomic E-state index is -0.143. The molecule has 2 N–H and O–H groups in total. The molecule has 0 aromatic carbocycles. The van der Waals surface area contributed by atoms with Crippen molar-refractivity contribution in [1.82, 2.24) is 0 Å². The Labute approximate surface area is 112 Å². The molecule has 0 saturated carbocycles. The van der Waals surface area contributed by atoms with Gasteiger partial charge in [0, 0.05) is 13.0 Å². The molecule has 3 nitrogen and oxygen atoms in total. The zero-order valence-corrected chi connectivity index (χ0v) is 12.2. The average Bonchev–Trinajstić information content (AvgIpc) is 2.36. The van der Waals surface area contributed by atoms with Crippen LogP contribution in [0.3, 0.4) is 0 Å². The zero-order chi connectivity index (χ0) is 13.6. The Morgan fingerprint density at radius 2 is 1.50 bits per heavy atom. The number of rotatable bonds is 12. The van der Waals surface area contributed by atoms with Gasteiger partial charge >= 0.3 is 5.97 Å².